The Labute approximate surface area is 143 Å². The SMILES string of the molecule is COc1cc(C2(C(=O)O)CCCC2)ccc1OC1CCN(C)CC1. The fourth-order valence-electron chi connectivity index (χ4n) is 3.95. The molecule has 24 heavy (non-hydrogen) atoms. The van der Waals surface area contributed by atoms with E-state index in [9.17, 15) is 9.90 Å². The van der Waals surface area contributed by atoms with Gasteiger partial charge in [0.1, 0.15) is 6.10 Å². The van der Waals surface area contributed by atoms with Gasteiger partial charge in [0, 0.05) is 13.1 Å². The average molecular weight is 333 g/mol. The summed E-state index contributed by atoms with van der Waals surface area (Å²) in [5.74, 6) is 0.624. The number of aliphatic carboxylic acids is 1. The Balaban J connectivity index is 1.81. The van der Waals surface area contributed by atoms with Crippen molar-refractivity contribution >= 4 is 5.97 Å². The zero-order valence-corrected chi connectivity index (χ0v) is 14.6. The highest BCUT2D eigenvalue weighted by atomic mass is 16.5. The topological polar surface area (TPSA) is 59.0 Å². The summed E-state index contributed by atoms with van der Waals surface area (Å²) in [6.07, 6.45) is 5.51. The van der Waals surface area contributed by atoms with Crippen LogP contribution >= 0.6 is 0 Å². The lowest BCUT2D eigenvalue weighted by Crippen LogP contribution is -2.35. The van der Waals surface area contributed by atoms with Crippen molar-refractivity contribution in [1.29, 1.82) is 0 Å². The van der Waals surface area contributed by atoms with Crippen molar-refractivity contribution in [2.45, 2.75) is 50.0 Å². The molecule has 132 valence electrons. The highest BCUT2D eigenvalue weighted by molar-refractivity contribution is 5.82. The van der Waals surface area contributed by atoms with Gasteiger partial charge < -0.3 is 19.5 Å². The number of carboxylic acid groups (broad SMARTS) is 1. The predicted molar refractivity (Wildman–Crippen MR) is 91.9 cm³/mol. The molecule has 0 atom stereocenters. The molecule has 0 unspecified atom stereocenters. The Bertz CT molecular complexity index is 587. The first-order chi connectivity index (χ1) is 11.5. The van der Waals surface area contributed by atoms with E-state index in [0.717, 1.165) is 44.3 Å². The van der Waals surface area contributed by atoms with E-state index in [1.165, 1.54) is 0 Å². The second-order valence-corrected chi connectivity index (χ2v) is 7.08. The number of methoxy groups -OCH3 is 1. The van der Waals surface area contributed by atoms with Crippen LogP contribution in [0.3, 0.4) is 0 Å². The molecule has 0 aromatic heterocycles. The highest BCUT2D eigenvalue weighted by Crippen LogP contribution is 2.44. The first-order valence-corrected chi connectivity index (χ1v) is 8.82. The molecular formula is C19H27NO4. The van der Waals surface area contributed by atoms with Crippen molar-refractivity contribution < 1.29 is 19.4 Å². The zero-order chi connectivity index (χ0) is 17.2. The average Bonchev–Trinajstić information content (AvgIpc) is 3.08. The molecule has 3 rings (SSSR count). The molecule has 1 heterocycles. The molecule has 1 N–H and O–H groups in total. The minimum atomic E-state index is -0.765. The number of likely N-dealkylation sites (tertiary alicyclic amines) is 1. The van der Waals surface area contributed by atoms with Gasteiger partial charge in [-0.05, 0) is 50.4 Å². The number of piperidine rings is 1. The minimum Gasteiger partial charge on any atom is -0.493 e. The van der Waals surface area contributed by atoms with E-state index in [1.54, 1.807) is 7.11 Å². The third-order valence-electron chi connectivity index (χ3n) is 5.54. The lowest BCUT2D eigenvalue weighted by Gasteiger charge is -2.30. The van der Waals surface area contributed by atoms with Crippen molar-refractivity contribution in [3.8, 4) is 11.5 Å². The summed E-state index contributed by atoms with van der Waals surface area (Å²) >= 11 is 0. The quantitative estimate of drug-likeness (QED) is 0.897. The van der Waals surface area contributed by atoms with Crippen molar-refractivity contribution in [2.75, 3.05) is 27.2 Å². The van der Waals surface area contributed by atoms with E-state index < -0.39 is 11.4 Å². The van der Waals surface area contributed by atoms with Crippen LogP contribution in [0.5, 0.6) is 11.5 Å². The van der Waals surface area contributed by atoms with Gasteiger partial charge in [-0.25, -0.2) is 0 Å². The van der Waals surface area contributed by atoms with Crippen LogP contribution in [-0.4, -0.2) is 49.3 Å². The smallest absolute Gasteiger partial charge is 0.314 e. The van der Waals surface area contributed by atoms with Crippen LogP contribution in [0.2, 0.25) is 0 Å². The van der Waals surface area contributed by atoms with Crippen molar-refractivity contribution in [3.63, 3.8) is 0 Å². The van der Waals surface area contributed by atoms with E-state index >= 15 is 0 Å². The maximum absolute atomic E-state index is 11.9. The second-order valence-electron chi connectivity index (χ2n) is 7.08. The van der Waals surface area contributed by atoms with Crippen LogP contribution in [0, 0.1) is 0 Å². The van der Waals surface area contributed by atoms with E-state index in [-0.39, 0.29) is 6.10 Å². The molecule has 1 saturated heterocycles. The normalized spacial score (nSPS) is 21.6. The largest absolute Gasteiger partial charge is 0.493 e. The van der Waals surface area contributed by atoms with Gasteiger partial charge in [0.25, 0.3) is 0 Å². The van der Waals surface area contributed by atoms with E-state index in [4.69, 9.17) is 9.47 Å². The van der Waals surface area contributed by atoms with Gasteiger partial charge in [0.2, 0.25) is 0 Å². The number of carbonyl (C=O) groups is 1. The summed E-state index contributed by atoms with van der Waals surface area (Å²) in [6.45, 7) is 2.07. The zero-order valence-electron chi connectivity index (χ0n) is 14.6. The van der Waals surface area contributed by atoms with Gasteiger partial charge in [0.15, 0.2) is 11.5 Å². The molecular weight excluding hydrogens is 306 g/mol. The molecule has 2 aliphatic rings. The highest BCUT2D eigenvalue weighted by Gasteiger charge is 2.43. The second kappa shape index (κ2) is 7.01. The van der Waals surface area contributed by atoms with Gasteiger partial charge in [-0.2, -0.15) is 0 Å². The van der Waals surface area contributed by atoms with Crippen molar-refractivity contribution in [1.82, 2.24) is 4.90 Å². The van der Waals surface area contributed by atoms with Crippen molar-refractivity contribution in [3.05, 3.63) is 23.8 Å². The number of ether oxygens (including phenoxy) is 2. The summed E-state index contributed by atoms with van der Waals surface area (Å²) in [6, 6.07) is 5.66. The fraction of sp³-hybridized carbons (Fsp3) is 0.632. The van der Waals surface area contributed by atoms with Gasteiger partial charge in [-0.1, -0.05) is 18.9 Å². The number of nitrogens with zero attached hydrogens (tertiary/aromatic N) is 1. The molecule has 0 bridgehead atoms. The number of carboxylic acids is 1. The predicted octanol–water partition coefficient (Wildman–Crippen LogP) is 3.06. The lowest BCUT2D eigenvalue weighted by molar-refractivity contribution is -0.143. The Morgan fingerprint density at radius 1 is 1.21 bits per heavy atom. The Morgan fingerprint density at radius 2 is 1.88 bits per heavy atom. The maximum atomic E-state index is 11.9. The van der Waals surface area contributed by atoms with Crippen LogP contribution in [0.1, 0.15) is 44.1 Å². The fourth-order valence-corrected chi connectivity index (χ4v) is 3.95. The number of benzene rings is 1. The Morgan fingerprint density at radius 3 is 2.46 bits per heavy atom. The van der Waals surface area contributed by atoms with E-state index in [1.807, 2.05) is 18.2 Å². The van der Waals surface area contributed by atoms with Gasteiger partial charge >= 0.3 is 5.97 Å². The maximum Gasteiger partial charge on any atom is 0.314 e. The summed E-state index contributed by atoms with van der Waals surface area (Å²) in [7, 11) is 3.74. The van der Waals surface area contributed by atoms with E-state index in [0.29, 0.717) is 24.3 Å². The summed E-state index contributed by atoms with van der Waals surface area (Å²) in [5, 5.41) is 9.76. The molecule has 1 aliphatic carbocycles. The molecule has 1 aromatic carbocycles. The molecule has 1 saturated carbocycles. The van der Waals surface area contributed by atoms with Gasteiger partial charge in [-0.15, -0.1) is 0 Å². The van der Waals surface area contributed by atoms with Crippen molar-refractivity contribution in [2.24, 2.45) is 0 Å². The summed E-state index contributed by atoms with van der Waals surface area (Å²) < 4.78 is 11.6. The molecule has 0 amide bonds. The molecule has 5 nitrogen and oxygen atoms in total. The standard InChI is InChI=1S/C19H27NO4/c1-20-11-7-15(8-12-20)24-16-6-5-14(13-17(16)23-2)19(18(21)22)9-3-4-10-19/h5-6,13,15H,3-4,7-12H2,1-2H3,(H,21,22). The van der Waals surface area contributed by atoms with Crippen LogP contribution < -0.4 is 9.47 Å². The number of rotatable bonds is 5. The minimum absolute atomic E-state index is 0.195. The Hall–Kier alpha value is -1.75. The monoisotopic (exact) mass is 333 g/mol. The van der Waals surface area contributed by atoms with Crippen LogP contribution in [0.15, 0.2) is 18.2 Å². The van der Waals surface area contributed by atoms with Crippen LogP contribution in [0.25, 0.3) is 0 Å². The lowest BCUT2D eigenvalue weighted by atomic mass is 9.79. The molecule has 1 aliphatic heterocycles. The molecule has 1 aromatic rings. The summed E-state index contributed by atoms with van der Waals surface area (Å²) in [4.78, 5) is 14.2. The third kappa shape index (κ3) is 3.22. The molecule has 0 radical (unpaired) electrons. The number of hydrogen-bond donors (Lipinski definition) is 1. The molecule has 2 fully saturated rings. The molecule has 0 spiro atoms. The van der Waals surface area contributed by atoms with Gasteiger partial charge in [-0.3, -0.25) is 4.79 Å². The first-order valence-electron chi connectivity index (χ1n) is 8.82. The molecule has 5 heteroatoms. The number of hydrogen-bond acceptors (Lipinski definition) is 4. The Kier molecular flexibility index (Phi) is 4.99. The van der Waals surface area contributed by atoms with Gasteiger partial charge in [0.05, 0.1) is 12.5 Å². The first kappa shape index (κ1) is 17.1. The van der Waals surface area contributed by atoms with Crippen LogP contribution in [-0.2, 0) is 10.2 Å². The van der Waals surface area contributed by atoms with Crippen LogP contribution in [0.4, 0.5) is 0 Å². The third-order valence-corrected chi connectivity index (χ3v) is 5.54. The van der Waals surface area contributed by atoms with E-state index in [2.05, 4.69) is 11.9 Å². The summed E-state index contributed by atoms with van der Waals surface area (Å²) in [5.41, 5.74) is 0.0689.